The maximum atomic E-state index is 11.2. The normalized spacial score (nSPS) is 17.2. The Bertz CT molecular complexity index is 336. The molecule has 0 saturated heterocycles. The molecule has 0 aliphatic heterocycles. The molecule has 0 aliphatic rings. The largest absolute Gasteiger partial charge is 0.541 e. The van der Waals surface area contributed by atoms with Crippen LogP contribution in [0.15, 0.2) is 36.5 Å². The number of carbonyl (C=O) groups is 1. The molecule has 4 nitrogen and oxygen atoms in total. The fourth-order valence-electron chi connectivity index (χ4n) is 1.55. The van der Waals surface area contributed by atoms with Crippen LogP contribution < -0.4 is 0 Å². The monoisotopic (exact) mass is 250 g/mol. The molecule has 3 atom stereocenters. The highest BCUT2D eigenvalue weighted by atomic mass is 16.5. The van der Waals surface area contributed by atoms with Gasteiger partial charge in [-0.1, -0.05) is 44.7 Å². The number of aliphatic hydroxyl groups is 2. The first-order valence-electron chi connectivity index (χ1n) is 5.68. The van der Waals surface area contributed by atoms with E-state index in [1.165, 1.54) is 0 Å². The Labute approximate surface area is 109 Å². The maximum Gasteiger partial charge on any atom is 0.378 e. The lowest BCUT2D eigenvalue weighted by molar-refractivity contribution is -0.146. The van der Waals surface area contributed by atoms with Crippen LogP contribution in [-0.2, 0) is 9.45 Å². The summed E-state index contributed by atoms with van der Waals surface area (Å²) in [5.74, 6) is -1.37. The van der Waals surface area contributed by atoms with Gasteiger partial charge in [0.25, 0.3) is 0 Å². The zero-order chi connectivity index (χ0) is 14.1. The summed E-state index contributed by atoms with van der Waals surface area (Å²) < 4.78 is 4.02. The number of allylic oxidation sites excluding steroid dienone is 4. The van der Waals surface area contributed by atoms with Crippen molar-refractivity contribution in [1.82, 2.24) is 0 Å². The van der Waals surface area contributed by atoms with Crippen molar-refractivity contribution in [3.63, 3.8) is 0 Å². The molecule has 98 valence electrons. The maximum absolute atomic E-state index is 11.2. The molecule has 0 bridgehead atoms. The van der Waals surface area contributed by atoms with Gasteiger partial charge in [0.1, 0.15) is 0 Å². The predicted octanol–water partition coefficient (Wildman–Crippen LogP) is 0.907. The van der Waals surface area contributed by atoms with E-state index in [1.807, 2.05) is 6.92 Å². The van der Waals surface area contributed by atoms with Gasteiger partial charge in [-0.05, 0) is 17.4 Å². The standard InChI is InChI=1S/C13H19BO4/c1-4-6-11(7-5-8-15)9(2)10(3)12(16)13(17)18-14/h4-7,9-10,12,15-16H,1,8H2,2-3H3/b7-5-,11-6+/t9?,10?,12-/m0/s1. The van der Waals surface area contributed by atoms with E-state index < -0.39 is 12.1 Å². The molecule has 0 amide bonds. The summed E-state index contributed by atoms with van der Waals surface area (Å²) in [7, 11) is 4.74. The van der Waals surface area contributed by atoms with Gasteiger partial charge in [0.15, 0.2) is 6.10 Å². The van der Waals surface area contributed by atoms with Crippen molar-refractivity contribution in [3.05, 3.63) is 36.5 Å². The molecular formula is C13H19BO4. The zero-order valence-corrected chi connectivity index (χ0v) is 10.7. The summed E-state index contributed by atoms with van der Waals surface area (Å²) in [6, 6.07) is 0. The van der Waals surface area contributed by atoms with E-state index in [2.05, 4.69) is 11.2 Å². The van der Waals surface area contributed by atoms with Gasteiger partial charge < -0.3 is 14.9 Å². The van der Waals surface area contributed by atoms with Crippen molar-refractivity contribution in [2.24, 2.45) is 11.8 Å². The first kappa shape index (κ1) is 16.7. The molecule has 2 N–H and O–H groups in total. The molecule has 0 heterocycles. The fraction of sp³-hybridized carbons (Fsp3) is 0.462. The van der Waals surface area contributed by atoms with E-state index in [-0.39, 0.29) is 18.4 Å². The molecule has 0 rings (SSSR count). The minimum Gasteiger partial charge on any atom is -0.541 e. The Morgan fingerprint density at radius 1 is 1.50 bits per heavy atom. The second-order valence-electron chi connectivity index (χ2n) is 4.02. The van der Waals surface area contributed by atoms with Crippen molar-refractivity contribution in [1.29, 1.82) is 0 Å². The Morgan fingerprint density at radius 2 is 2.11 bits per heavy atom. The van der Waals surface area contributed by atoms with Gasteiger partial charge in [0.05, 0.1) is 6.61 Å². The van der Waals surface area contributed by atoms with Crippen LogP contribution in [0.1, 0.15) is 13.8 Å². The summed E-state index contributed by atoms with van der Waals surface area (Å²) in [6.45, 7) is 7.09. The third kappa shape index (κ3) is 4.90. The quantitative estimate of drug-likeness (QED) is 0.520. The third-order valence-corrected chi connectivity index (χ3v) is 2.90. The summed E-state index contributed by atoms with van der Waals surface area (Å²) in [5, 5.41) is 18.5. The van der Waals surface area contributed by atoms with E-state index >= 15 is 0 Å². The molecule has 5 heteroatoms. The van der Waals surface area contributed by atoms with Crippen LogP contribution >= 0.6 is 0 Å². The van der Waals surface area contributed by atoms with E-state index in [4.69, 9.17) is 13.2 Å². The lowest BCUT2D eigenvalue weighted by Crippen LogP contribution is -2.33. The van der Waals surface area contributed by atoms with Crippen LogP contribution in [-0.4, -0.2) is 36.9 Å². The molecule has 2 unspecified atom stereocenters. The molecule has 0 saturated carbocycles. The van der Waals surface area contributed by atoms with E-state index in [1.54, 1.807) is 31.2 Å². The van der Waals surface area contributed by atoms with Crippen molar-refractivity contribution < 1.29 is 19.7 Å². The van der Waals surface area contributed by atoms with Crippen molar-refractivity contribution >= 4 is 14.0 Å². The van der Waals surface area contributed by atoms with Gasteiger partial charge in [0.2, 0.25) is 0 Å². The van der Waals surface area contributed by atoms with Gasteiger partial charge >= 0.3 is 14.0 Å². The van der Waals surface area contributed by atoms with Crippen LogP contribution in [0.3, 0.4) is 0 Å². The first-order chi connectivity index (χ1) is 8.49. The number of rotatable bonds is 7. The molecule has 0 aromatic heterocycles. The number of hydrogen-bond donors (Lipinski definition) is 2. The Hall–Kier alpha value is -1.33. The van der Waals surface area contributed by atoms with Gasteiger partial charge in [-0.15, -0.1) is 0 Å². The van der Waals surface area contributed by atoms with E-state index in [0.717, 1.165) is 5.57 Å². The minimum atomic E-state index is -1.29. The van der Waals surface area contributed by atoms with Gasteiger partial charge in [0, 0.05) is 0 Å². The van der Waals surface area contributed by atoms with Gasteiger partial charge in [-0.2, -0.15) is 0 Å². The summed E-state index contributed by atoms with van der Waals surface area (Å²) in [6.07, 6.45) is 5.37. The van der Waals surface area contributed by atoms with E-state index in [9.17, 15) is 9.90 Å². The Kier molecular flexibility index (Phi) is 8.08. The highest BCUT2D eigenvalue weighted by molar-refractivity contribution is 6.06. The summed E-state index contributed by atoms with van der Waals surface area (Å²) in [5.41, 5.74) is 0.843. The zero-order valence-electron chi connectivity index (χ0n) is 10.7. The highest BCUT2D eigenvalue weighted by Crippen LogP contribution is 2.25. The van der Waals surface area contributed by atoms with Crippen LogP contribution in [0.5, 0.6) is 0 Å². The molecule has 18 heavy (non-hydrogen) atoms. The topological polar surface area (TPSA) is 66.8 Å². The highest BCUT2D eigenvalue weighted by Gasteiger charge is 2.28. The predicted molar refractivity (Wildman–Crippen MR) is 70.7 cm³/mol. The molecule has 2 radical (unpaired) electrons. The Balaban J connectivity index is 4.91. The van der Waals surface area contributed by atoms with Crippen molar-refractivity contribution in [2.75, 3.05) is 6.61 Å². The third-order valence-electron chi connectivity index (χ3n) is 2.90. The van der Waals surface area contributed by atoms with Crippen molar-refractivity contribution in [2.45, 2.75) is 20.0 Å². The lowest BCUT2D eigenvalue weighted by Gasteiger charge is -2.24. The first-order valence-corrected chi connectivity index (χ1v) is 5.68. The molecule has 0 spiro atoms. The average Bonchev–Trinajstić information content (AvgIpc) is 2.39. The van der Waals surface area contributed by atoms with Crippen LogP contribution in [0.2, 0.25) is 0 Å². The summed E-state index contributed by atoms with van der Waals surface area (Å²) >= 11 is 0. The van der Waals surface area contributed by atoms with Gasteiger partial charge in [-0.3, -0.25) is 4.79 Å². The molecular weight excluding hydrogens is 231 g/mol. The molecule has 0 aromatic rings. The van der Waals surface area contributed by atoms with Crippen LogP contribution in [0, 0.1) is 11.8 Å². The van der Waals surface area contributed by atoms with E-state index in [0.29, 0.717) is 0 Å². The molecule has 0 aromatic carbocycles. The van der Waals surface area contributed by atoms with Crippen LogP contribution in [0.4, 0.5) is 0 Å². The average molecular weight is 250 g/mol. The minimum absolute atomic E-state index is 0.0804. The lowest BCUT2D eigenvalue weighted by atomic mass is 9.84. The number of carbonyl (C=O) groups excluding carboxylic acids is 1. The Morgan fingerprint density at radius 3 is 2.56 bits per heavy atom. The van der Waals surface area contributed by atoms with Crippen LogP contribution in [0.25, 0.3) is 0 Å². The number of hydrogen-bond acceptors (Lipinski definition) is 4. The molecule has 0 aliphatic carbocycles. The smallest absolute Gasteiger partial charge is 0.378 e. The SMILES string of the molecule is [B]OC(=O)[C@@H](O)C(C)C(C)C(/C=C\CO)=C/C=C. The summed E-state index contributed by atoms with van der Waals surface area (Å²) in [4.78, 5) is 11.2. The van der Waals surface area contributed by atoms with Crippen molar-refractivity contribution in [3.8, 4) is 0 Å². The van der Waals surface area contributed by atoms with Gasteiger partial charge in [-0.25, -0.2) is 0 Å². The molecule has 0 fully saturated rings. The number of aliphatic hydroxyl groups excluding tert-OH is 2. The second kappa shape index (κ2) is 8.72. The second-order valence-corrected chi connectivity index (χ2v) is 4.02. The fourth-order valence-corrected chi connectivity index (χ4v) is 1.55.